The Labute approximate surface area is 203 Å². The van der Waals surface area contributed by atoms with Gasteiger partial charge in [-0.05, 0) is 65.2 Å². The van der Waals surface area contributed by atoms with Gasteiger partial charge in [-0.25, -0.2) is 4.99 Å². The SMILES string of the molecule is CCNC(=NCc1cccc(C(=O)NC(C)(C)C)c1)N1CCC(C(=O)OCC)CC1.I. The highest BCUT2D eigenvalue weighted by Crippen LogP contribution is 2.19. The first-order valence-electron chi connectivity index (χ1n) is 10.8. The third kappa shape index (κ3) is 9.04. The van der Waals surface area contributed by atoms with Crippen LogP contribution in [0.15, 0.2) is 29.3 Å². The minimum absolute atomic E-state index is 0. The number of carbonyl (C=O) groups is 2. The number of benzene rings is 1. The van der Waals surface area contributed by atoms with Crippen molar-refractivity contribution in [3.63, 3.8) is 0 Å². The summed E-state index contributed by atoms with van der Waals surface area (Å²) in [5.41, 5.74) is 1.34. The van der Waals surface area contributed by atoms with Gasteiger partial charge in [0.25, 0.3) is 5.91 Å². The summed E-state index contributed by atoms with van der Waals surface area (Å²) in [5, 5.41) is 6.33. The number of amides is 1. The third-order valence-electron chi connectivity index (χ3n) is 4.84. The van der Waals surface area contributed by atoms with Crippen molar-refractivity contribution in [2.75, 3.05) is 26.2 Å². The van der Waals surface area contributed by atoms with Crippen molar-refractivity contribution in [1.29, 1.82) is 0 Å². The lowest BCUT2D eigenvalue weighted by Gasteiger charge is -2.33. The summed E-state index contributed by atoms with van der Waals surface area (Å²) in [6.07, 6.45) is 1.54. The highest BCUT2D eigenvalue weighted by atomic mass is 127. The first-order valence-corrected chi connectivity index (χ1v) is 10.8. The molecule has 1 aromatic rings. The zero-order valence-corrected chi connectivity index (χ0v) is 21.7. The van der Waals surface area contributed by atoms with Crippen molar-refractivity contribution in [2.45, 2.75) is 59.5 Å². The van der Waals surface area contributed by atoms with E-state index in [9.17, 15) is 9.59 Å². The molecule has 8 heteroatoms. The Balaban J connectivity index is 0.00000480. The van der Waals surface area contributed by atoms with E-state index in [4.69, 9.17) is 9.73 Å². The van der Waals surface area contributed by atoms with Crippen LogP contribution in [0.2, 0.25) is 0 Å². The molecule has 0 radical (unpaired) electrons. The van der Waals surface area contributed by atoms with E-state index in [1.54, 1.807) is 0 Å². The molecule has 1 heterocycles. The van der Waals surface area contributed by atoms with Crippen molar-refractivity contribution >= 4 is 41.8 Å². The minimum Gasteiger partial charge on any atom is -0.466 e. The summed E-state index contributed by atoms with van der Waals surface area (Å²) < 4.78 is 5.15. The van der Waals surface area contributed by atoms with Crippen molar-refractivity contribution in [1.82, 2.24) is 15.5 Å². The highest BCUT2D eigenvalue weighted by Gasteiger charge is 2.27. The fraction of sp³-hybridized carbons (Fsp3) is 0.609. The first kappa shape index (κ1) is 27.2. The van der Waals surface area contributed by atoms with Gasteiger partial charge in [-0.3, -0.25) is 9.59 Å². The molecule has 31 heavy (non-hydrogen) atoms. The molecule has 1 fully saturated rings. The van der Waals surface area contributed by atoms with Gasteiger partial charge >= 0.3 is 5.97 Å². The molecule has 1 aliphatic rings. The molecule has 0 atom stereocenters. The lowest BCUT2D eigenvalue weighted by Crippen LogP contribution is -2.46. The Morgan fingerprint density at radius 2 is 1.87 bits per heavy atom. The van der Waals surface area contributed by atoms with Gasteiger partial charge in [-0.1, -0.05) is 12.1 Å². The maximum absolute atomic E-state index is 12.4. The normalized spacial score (nSPS) is 15.1. The largest absolute Gasteiger partial charge is 0.466 e. The van der Waals surface area contributed by atoms with Crippen LogP contribution >= 0.6 is 24.0 Å². The molecule has 0 unspecified atom stereocenters. The topological polar surface area (TPSA) is 83.0 Å². The average molecular weight is 544 g/mol. The number of likely N-dealkylation sites (tertiary alicyclic amines) is 1. The summed E-state index contributed by atoms with van der Waals surface area (Å²) in [6.45, 7) is 13.0. The molecule has 1 aromatic carbocycles. The van der Waals surface area contributed by atoms with Gasteiger partial charge in [0.1, 0.15) is 0 Å². The second kappa shape index (κ2) is 12.9. The fourth-order valence-electron chi connectivity index (χ4n) is 3.40. The first-order chi connectivity index (χ1) is 14.2. The number of guanidine groups is 1. The Morgan fingerprint density at radius 1 is 1.19 bits per heavy atom. The Kier molecular flexibility index (Phi) is 11.3. The lowest BCUT2D eigenvalue weighted by atomic mass is 9.97. The van der Waals surface area contributed by atoms with E-state index in [-0.39, 0.29) is 47.3 Å². The number of hydrogen-bond donors (Lipinski definition) is 2. The van der Waals surface area contributed by atoms with E-state index in [0.29, 0.717) is 18.7 Å². The zero-order chi connectivity index (χ0) is 22.1. The second-order valence-corrected chi connectivity index (χ2v) is 8.59. The number of halogens is 1. The van der Waals surface area contributed by atoms with Crippen LogP contribution in [0.4, 0.5) is 0 Å². The van der Waals surface area contributed by atoms with E-state index < -0.39 is 0 Å². The molecular formula is C23H37IN4O3. The molecule has 7 nitrogen and oxygen atoms in total. The average Bonchev–Trinajstić information content (AvgIpc) is 2.70. The molecule has 0 aromatic heterocycles. The summed E-state index contributed by atoms with van der Waals surface area (Å²) in [7, 11) is 0. The predicted octanol–water partition coefficient (Wildman–Crippen LogP) is 3.57. The monoisotopic (exact) mass is 544 g/mol. The number of ether oxygens (including phenoxy) is 1. The van der Waals surface area contributed by atoms with Gasteiger partial charge < -0.3 is 20.3 Å². The predicted molar refractivity (Wildman–Crippen MR) is 135 cm³/mol. The van der Waals surface area contributed by atoms with Crippen LogP contribution in [-0.4, -0.2) is 54.5 Å². The molecule has 174 valence electrons. The number of nitrogens with zero attached hydrogens (tertiary/aromatic N) is 2. The Hall–Kier alpha value is -1.84. The fourth-order valence-corrected chi connectivity index (χ4v) is 3.40. The maximum atomic E-state index is 12.4. The summed E-state index contributed by atoms with van der Waals surface area (Å²) in [5.74, 6) is 0.636. The Morgan fingerprint density at radius 3 is 2.45 bits per heavy atom. The summed E-state index contributed by atoms with van der Waals surface area (Å²) in [6, 6.07) is 7.58. The minimum atomic E-state index is -0.279. The quantitative estimate of drug-likeness (QED) is 0.248. The van der Waals surface area contributed by atoms with Crippen LogP contribution < -0.4 is 10.6 Å². The number of rotatable bonds is 6. The summed E-state index contributed by atoms with van der Waals surface area (Å²) >= 11 is 0. The molecule has 0 spiro atoms. The van der Waals surface area contributed by atoms with E-state index >= 15 is 0 Å². The van der Waals surface area contributed by atoms with Crippen LogP contribution in [-0.2, 0) is 16.1 Å². The van der Waals surface area contributed by atoms with Gasteiger partial charge in [0.15, 0.2) is 5.96 Å². The van der Waals surface area contributed by atoms with Crippen LogP contribution in [0.25, 0.3) is 0 Å². The maximum Gasteiger partial charge on any atom is 0.309 e. The smallest absolute Gasteiger partial charge is 0.309 e. The number of carbonyl (C=O) groups excluding carboxylic acids is 2. The van der Waals surface area contributed by atoms with Gasteiger partial charge in [0.2, 0.25) is 0 Å². The van der Waals surface area contributed by atoms with Crippen LogP contribution in [0.5, 0.6) is 0 Å². The number of hydrogen-bond acceptors (Lipinski definition) is 4. The van der Waals surface area contributed by atoms with Gasteiger partial charge in [-0.15, -0.1) is 24.0 Å². The van der Waals surface area contributed by atoms with Crippen molar-refractivity contribution in [3.05, 3.63) is 35.4 Å². The molecule has 0 aliphatic carbocycles. The zero-order valence-electron chi connectivity index (χ0n) is 19.4. The van der Waals surface area contributed by atoms with Crippen molar-refractivity contribution in [2.24, 2.45) is 10.9 Å². The van der Waals surface area contributed by atoms with Gasteiger partial charge in [0, 0.05) is 30.7 Å². The van der Waals surface area contributed by atoms with Gasteiger partial charge in [0.05, 0.1) is 19.1 Å². The van der Waals surface area contributed by atoms with E-state index in [0.717, 1.165) is 44.0 Å². The lowest BCUT2D eigenvalue weighted by molar-refractivity contribution is -0.149. The highest BCUT2D eigenvalue weighted by molar-refractivity contribution is 14.0. The second-order valence-electron chi connectivity index (χ2n) is 8.59. The van der Waals surface area contributed by atoms with E-state index in [2.05, 4.69) is 15.5 Å². The van der Waals surface area contributed by atoms with E-state index in [1.807, 2.05) is 58.9 Å². The van der Waals surface area contributed by atoms with Crippen LogP contribution in [0.1, 0.15) is 63.4 Å². The Bertz CT molecular complexity index is 753. The third-order valence-corrected chi connectivity index (χ3v) is 4.84. The van der Waals surface area contributed by atoms with Crippen LogP contribution in [0.3, 0.4) is 0 Å². The number of piperidine rings is 1. The van der Waals surface area contributed by atoms with Crippen LogP contribution in [0, 0.1) is 5.92 Å². The molecule has 1 saturated heterocycles. The van der Waals surface area contributed by atoms with Crippen molar-refractivity contribution in [3.8, 4) is 0 Å². The van der Waals surface area contributed by atoms with Crippen molar-refractivity contribution < 1.29 is 14.3 Å². The molecule has 0 saturated carbocycles. The molecular weight excluding hydrogens is 507 g/mol. The molecule has 1 aliphatic heterocycles. The summed E-state index contributed by atoms with van der Waals surface area (Å²) in [4.78, 5) is 31.4. The van der Waals surface area contributed by atoms with Gasteiger partial charge in [-0.2, -0.15) is 0 Å². The number of aliphatic imine (C=N–C) groups is 1. The molecule has 1 amide bonds. The number of esters is 1. The molecule has 2 rings (SSSR count). The van der Waals surface area contributed by atoms with E-state index in [1.165, 1.54) is 0 Å². The molecule has 0 bridgehead atoms. The molecule has 2 N–H and O–H groups in total. The number of nitrogens with one attached hydrogen (secondary N) is 2. The standard InChI is InChI=1S/C23H36N4O3.HI/c1-6-24-22(27-13-11-18(12-14-27)21(29)30-7-2)25-16-17-9-8-10-19(15-17)20(28)26-23(3,4)5;/h8-10,15,18H,6-7,11-14,16H2,1-5H3,(H,24,25)(H,26,28);1H.